The molecule has 0 aliphatic rings. The normalized spacial score (nSPS) is 25.9. The second-order valence-corrected chi connectivity index (χ2v) is 1.27. The molecule has 10 heavy (non-hydrogen) atoms. The molecular weight excluding hydrogens is 139 g/mol. The van der Waals surface area contributed by atoms with Gasteiger partial charge in [0, 0.05) is 11.9 Å². The molecule has 5 heteroatoms. The van der Waals surface area contributed by atoms with E-state index >= 15 is 0 Å². The molecule has 0 aliphatic heterocycles. The molecule has 0 radical (unpaired) electrons. The third-order valence-electron chi connectivity index (χ3n) is 0.535. The fourth-order valence-corrected chi connectivity index (χ4v) is 0.174. The van der Waals surface area contributed by atoms with Crippen LogP contribution in [0.2, 0.25) is 0 Å². The summed E-state index contributed by atoms with van der Waals surface area (Å²) in [5.41, 5.74) is 4.75. The Morgan fingerprint density at radius 1 is 1.70 bits per heavy atom. The van der Waals surface area contributed by atoms with Crippen LogP contribution < -0.4 is 5.73 Å². The maximum absolute atomic E-state index is 10.4. The lowest BCUT2D eigenvalue weighted by Crippen LogP contribution is -2.30. The number of carbonyl (C=O) groups is 2. The van der Waals surface area contributed by atoms with Gasteiger partial charge in [-0.1, -0.05) is 0 Å². The highest BCUT2D eigenvalue weighted by atomic mass is 16.5. The molecule has 1 unspecified atom stereocenters. The van der Waals surface area contributed by atoms with Gasteiger partial charge in [-0.15, -0.1) is 0 Å². The summed E-state index contributed by atoms with van der Waals surface area (Å²) in [6.07, 6.45) is -7.17. The maximum Gasteiger partial charge on any atom is 0.320 e. The number of carboxylic acid groups (broad SMARTS) is 2. The lowest BCUT2D eigenvalue weighted by atomic mass is 10.2. The van der Waals surface area contributed by atoms with Crippen molar-refractivity contribution in [1.82, 2.24) is 0 Å². The van der Waals surface area contributed by atoms with Crippen molar-refractivity contribution in [1.29, 1.82) is 0 Å². The molecule has 0 aliphatic carbocycles. The first-order chi connectivity index (χ1) is 6.39. The van der Waals surface area contributed by atoms with Crippen LogP contribution in [0.25, 0.3) is 0 Å². The monoisotopic (exact) mass is 153 g/mol. The topological polar surface area (TPSA) is 101 Å². The number of aliphatic carboxylic acids is 2. The Labute approximate surface area is 64.5 Å². The second kappa shape index (κ2) is 3.84. The highest BCUT2D eigenvalue weighted by molar-refractivity contribution is 5.74. The molecule has 0 aromatic heterocycles. The standard InChI is InChI=1S/C5H9NO4/c6-3(5(9)10)1-2-4(7)8/h3H,1-2,6H2,(H,7,8)(H,9,10)/i1D2,2D2,3D,5+1. The minimum atomic E-state index is -3.59. The minimum Gasteiger partial charge on any atom is -0.481 e. The van der Waals surface area contributed by atoms with Gasteiger partial charge in [-0.3, -0.25) is 9.59 Å². The Balaban J connectivity index is 5.50. The second-order valence-electron chi connectivity index (χ2n) is 1.27. The van der Waals surface area contributed by atoms with Crippen molar-refractivity contribution in [3.63, 3.8) is 0 Å². The van der Waals surface area contributed by atoms with Crippen LogP contribution in [0.1, 0.15) is 19.6 Å². The molecular formula is C5H9NO4. The number of nitrogens with two attached hydrogens (primary N) is 1. The van der Waals surface area contributed by atoms with Crippen LogP contribution >= 0.6 is 0 Å². The van der Waals surface area contributed by atoms with Crippen LogP contribution in [-0.2, 0) is 9.59 Å². The number of rotatable bonds is 4. The minimum absolute atomic E-state index is 2.15. The van der Waals surface area contributed by atoms with Gasteiger partial charge in [-0.25, -0.2) is 0 Å². The zero-order valence-corrected chi connectivity index (χ0v) is 4.79. The van der Waals surface area contributed by atoms with E-state index in [1.165, 1.54) is 0 Å². The molecule has 0 saturated carbocycles. The number of carboxylic acids is 2. The van der Waals surface area contributed by atoms with Crippen molar-refractivity contribution in [2.45, 2.75) is 18.8 Å². The van der Waals surface area contributed by atoms with E-state index in [9.17, 15) is 9.59 Å². The SMILES string of the molecule is [2H]C([2H])(C(=O)O)C([2H])([2H])C([2H])(N)[13C](=O)O. The van der Waals surface area contributed by atoms with E-state index in [2.05, 4.69) is 0 Å². The van der Waals surface area contributed by atoms with E-state index in [4.69, 9.17) is 22.8 Å². The highest BCUT2D eigenvalue weighted by Crippen LogP contribution is 1.93. The average Bonchev–Trinajstić information content (AvgIpc) is 2.02. The summed E-state index contributed by atoms with van der Waals surface area (Å²) < 4.78 is 34.7. The molecule has 0 rings (SSSR count). The van der Waals surface area contributed by atoms with Crippen LogP contribution in [0.3, 0.4) is 0 Å². The van der Waals surface area contributed by atoms with Crippen molar-refractivity contribution >= 4 is 11.9 Å². The van der Waals surface area contributed by atoms with Crippen LogP contribution in [-0.4, -0.2) is 28.2 Å². The van der Waals surface area contributed by atoms with Gasteiger partial charge in [0.1, 0.15) is 6.02 Å². The Hall–Kier alpha value is -1.10. The van der Waals surface area contributed by atoms with Gasteiger partial charge in [0.25, 0.3) is 0 Å². The Morgan fingerprint density at radius 2 is 2.20 bits per heavy atom. The maximum atomic E-state index is 10.4. The van der Waals surface area contributed by atoms with Crippen molar-refractivity contribution in [3.8, 4) is 0 Å². The van der Waals surface area contributed by atoms with Gasteiger partial charge in [-0.2, -0.15) is 0 Å². The highest BCUT2D eigenvalue weighted by Gasteiger charge is 2.12. The molecule has 0 fully saturated rings. The third kappa shape index (κ3) is 3.85. The van der Waals surface area contributed by atoms with Crippen LogP contribution in [0.4, 0.5) is 0 Å². The van der Waals surface area contributed by atoms with Gasteiger partial charge in [0.2, 0.25) is 0 Å². The van der Waals surface area contributed by atoms with Crippen LogP contribution in [0.15, 0.2) is 0 Å². The summed E-state index contributed by atoms with van der Waals surface area (Å²) in [7, 11) is 0. The molecule has 0 heterocycles. The average molecular weight is 153 g/mol. The first-order valence-corrected chi connectivity index (χ1v) is 2.14. The molecule has 58 valence electrons. The molecule has 0 spiro atoms. The fraction of sp³-hybridized carbons (Fsp3) is 0.600. The van der Waals surface area contributed by atoms with Gasteiger partial charge in [0.15, 0.2) is 0 Å². The van der Waals surface area contributed by atoms with Crippen molar-refractivity contribution in [3.05, 3.63) is 0 Å². The summed E-state index contributed by atoms with van der Waals surface area (Å²) in [6, 6.07) is -3.39. The van der Waals surface area contributed by atoms with E-state index in [0.717, 1.165) is 0 Å². The molecule has 1 atom stereocenters. The summed E-state index contributed by atoms with van der Waals surface area (Å²) in [4.78, 5) is 20.8. The van der Waals surface area contributed by atoms with Gasteiger partial charge in [-0.05, 0) is 6.37 Å². The van der Waals surface area contributed by atoms with E-state index in [-0.39, 0.29) is 0 Å². The first kappa shape index (κ1) is 3.34. The smallest absolute Gasteiger partial charge is 0.320 e. The molecule has 0 aromatic rings. The fourth-order valence-electron chi connectivity index (χ4n) is 0.174. The predicted molar refractivity (Wildman–Crippen MR) is 32.5 cm³/mol. The Kier molecular flexibility index (Phi) is 1.28. The van der Waals surface area contributed by atoms with Gasteiger partial charge >= 0.3 is 11.9 Å². The molecule has 0 aromatic carbocycles. The lowest BCUT2D eigenvalue weighted by molar-refractivity contribution is -0.139. The quantitative estimate of drug-likeness (QED) is 0.462. The molecule has 5 nitrogen and oxygen atoms in total. The number of hydrogen-bond donors (Lipinski definition) is 3. The summed E-state index contributed by atoms with van der Waals surface area (Å²) in [5, 5.41) is 16.8. The Bertz CT molecular complexity index is 274. The molecule has 0 bridgehead atoms. The van der Waals surface area contributed by atoms with Gasteiger partial charge in [0.05, 0.1) is 1.37 Å². The zero-order chi connectivity index (χ0) is 12.7. The lowest BCUT2D eigenvalue weighted by Gasteiger charge is -2.01. The molecule has 0 amide bonds. The van der Waals surface area contributed by atoms with E-state index < -0.39 is 30.7 Å². The van der Waals surface area contributed by atoms with E-state index in [1.807, 2.05) is 0 Å². The molecule has 0 saturated heterocycles. The third-order valence-corrected chi connectivity index (χ3v) is 0.535. The summed E-state index contributed by atoms with van der Waals surface area (Å²) >= 11 is 0. The first-order valence-electron chi connectivity index (χ1n) is 4.64. The van der Waals surface area contributed by atoms with Crippen molar-refractivity contribution in [2.24, 2.45) is 5.73 Å². The van der Waals surface area contributed by atoms with Crippen LogP contribution in [0, 0.1) is 0 Å². The summed E-state index contributed by atoms with van der Waals surface area (Å²) in [5.74, 6) is -4.38. The van der Waals surface area contributed by atoms with E-state index in [1.54, 1.807) is 0 Å². The predicted octanol–water partition coefficient (Wildman–Crippen LogP) is -0.737. The Morgan fingerprint density at radius 3 is 2.50 bits per heavy atom. The van der Waals surface area contributed by atoms with Crippen molar-refractivity contribution < 1.29 is 26.7 Å². The van der Waals surface area contributed by atoms with Crippen molar-refractivity contribution in [2.75, 3.05) is 0 Å². The zero-order valence-electron chi connectivity index (χ0n) is 9.79. The van der Waals surface area contributed by atoms with Gasteiger partial charge < -0.3 is 15.9 Å². The summed E-state index contributed by atoms with van der Waals surface area (Å²) in [6.45, 7) is 0. The van der Waals surface area contributed by atoms with Crippen LogP contribution in [0.5, 0.6) is 0 Å². The van der Waals surface area contributed by atoms with E-state index in [0.29, 0.717) is 0 Å². The largest absolute Gasteiger partial charge is 0.481 e. The number of hydrogen-bond acceptors (Lipinski definition) is 3. The molecule has 4 N–H and O–H groups in total.